The Balaban J connectivity index is 1.51. The highest BCUT2D eigenvalue weighted by Gasteiger charge is 2.41. The van der Waals surface area contributed by atoms with Crippen LogP contribution in [-0.2, 0) is 9.59 Å². The number of nitrogens with one attached hydrogen (secondary N) is 1. The van der Waals surface area contributed by atoms with Crippen molar-refractivity contribution in [3.05, 3.63) is 78.5 Å². The lowest BCUT2D eigenvalue weighted by Gasteiger charge is -2.35. The third kappa shape index (κ3) is 5.01. The van der Waals surface area contributed by atoms with Crippen molar-refractivity contribution in [2.45, 2.75) is 50.3 Å². The second-order valence-electron chi connectivity index (χ2n) is 8.81. The molecule has 0 saturated heterocycles. The van der Waals surface area contributed by atoms with Gasteiger partial charge in [-0.05, 0) is 55.3 Å². The van der Waals surface area contributed by atoms with Gasteiger partial charge in [-0.25, -0.2) is 4.39 Å². The fourth-order valence-electron chi connectivity index (χ4n) is 4.67. The first-order valence-electron chi connectivity index (χ1n) is 11.9. The number of ether oxygens (including phenoxy) is 2. The fourth-order valence-corrected chi connectivity index (χ4v) is 4.67. The highest BCUT2D eigenvalue weighted by atomic mass is 19.1. The molecule has 2 atom stereocenters. The predicted octanol–water partition coefficient (Wildman–Crippen LogP) is 4.78. The van der Waals surface area contributed by atoms with E-state index in [2.05, 4.69) is 5.32 Å². The molecule has 1 N–H and O–H groups in total. The van der Waals surface area contributed by atoms with Crippen LogP contribution in [0.4, 0.5) is 10.1 Å². The van der Waals surface area contributed by atoms with E-state index in [9.17, 15) is 14.0 Å². The third-order valence-corrected chi connectivity index (χ3v) is 6.38. The van der Waals surface area contributed by atoms with Gasteiger partial charge in [0, 0.05) is 11.7 Å². The summed E-state index contributed by atoms with van der Waals surface area (Å²) in [7, 11) is 0. The average molecular weight is 479 g/mol. The molecule has 1 aromatic heterocycles. The van der Waals surface area contributed by atoms with Crippen LogP contribution >= 0.6 is 0 Å². The normalized spacial score (nSPS) is 18.5. The lowest BCUT2D eigenvalue weighted by Crippen LogP contribution is -2.52. The summed E-state index contributed by atoms with van der Waals surface area (Å²) in [5.74, 6) is -0.221. The smallest absolute Gasteiger partial charge is 0.272 e. The van der Waals surface area contributed by atoms with Gasteiger partial charge in [-0.1, -0.05) is 37.5 Å². The molecule has 0 bridgehead atoms. The summed E-state index contributed by atoms with van der Waals surface area (Å²) in [6.45, 7) is -0.0449. The largest absolute Gasteiger partial charge is 0.485 e. The number of anilines is 1. The summed E-state index contributed by atoms with van der Waals surface area (Å²) < 4.78 is 31.6. The van der Waals surface area contributed by atoms with Crippen molar-refractivity contribution in [3.63, 3.8) is 0 Å². The average Bonchev–Trinajstić information content (AvgIpc) is 3.41. The number of hydrogen-bond acceptors (Lipinski definition) is 5. The summed E-state index contributed by atoms with van der Waals surface area (Å²) in [6, 6.07) is 14.8. The van der Waals surface area contributed by atoms with Gasteiger partial charge in [-0.15, -0.1) is 0 Å². The molecule has 35 heavy (non-hydrogen) atoms. The van der Waals surface area contributed by atoms with Crippen LogP contribution in [0.3, 0.4) is 0 Å². The molecule has 2 heterocycles. The summed E-state index contributed by atoms with van der Waals surface area (Å²) in [4.78, 5) is 28.8. The maximum absolute atomic E-state index is 14.3. The topological polar surface area (TPSA) is 81.0 Å². The number of carbonyl (C=O) groups is 2. The van der Waals surface area contributed by atoms with Crippen LogP contribution in [0.1, 0.15) is 43.9 Å². The zero-order valence-corrected chi connectivity index (χ0v) is 19.2. The lowest BCUT2D eigenvalue weighted by atomic mass is 9.95. The van der Waals surface area contributed by atoms with Crippen LogP contribution in [0, 0.1) is 5.82 Å². The van der Waals surface area contributed by atoms with E-state index in [-0.39, 0.29) is 30.0 Å². The number of furan rings is 1. The molecule has 1 fully saturated rings. The zero-order valence-electron chi connectivity index (χ0n) is 19.2. The van der Waals surface area contributed by atoms with E-state index in [1.165, 1.54) is 29.4 Å². The molecule has 3 aromatic rings. The molecule has 0 spiro atoms. The van der Waals surface area contributed by atoms with Crippen molar-refractivity contribution in [2.24, 2.45) is 0 Å². The predicted molar refractivity (Wildman–Crippen MR) is 127 cm³/mol. The molecule has 182 valence electrons. The van der Waals surface area contributed by atoms with Gasteiger partial charge in [0.2, 0.25) is 6.10 Å². The Morgan fingerprint density at radius 3 is 2.51 bits per heavy atom. The first-order valence-corrected chi connectivity index (χ1v) is 11.9. The molecule has 7 nitrogen and oxygen atoms in total. The number of carbonyl (C=O) groups excluding carboxylic acids is 2. The SMILES string of the molecule is O=C(NC1CCCCC1)[C@H](c1ccco1)N(C(=O)[C@@H]1COc2ccccc2O1)c1cccc(F)c1. The molecular weight excluding hydrogens is 451 g/mol. The van der Waals surface area contributed by atoms with Crippen molar-refractivity contribution >= 4 is 17.5 Å². The molecule has 5 rings (SSSR count). The quantitative estimate of drug-likeness (QED) is 0.551. The van der Waals surface area contributed by atoms with Crippen molar-refractivity contribution < 1.29 is 27.9 Å². The summed E-state index contributed by atoms with van der Waals surface area (Å²) >= 11 is 0. The van der Waals surface area contributed by atoms with Crippen molar-refractivity contribution in [1.82, 2.24) is 5.32 Å². The van der Waals surface area contributed by atoms with E-state index in [4.69, 9.17) is 13.9 Å². The van der Waals surface area contributed by atoms with Crippen LogP contribution < -0.4 is 19.7 Å². The highest BCUT2D eigenvalue weighted by molar-refractivity contribution is 6.03. The number of fused-ring (bicyclic) bond motifs is 1. The summed E-state index contributed by atoms with van der Waals surface area (Å²) in [5, 5.41) is 3.09. The van der Waals surface area contributed by atoms with Gasteiger partial charge >= 0.3 is 0 Å². The summed E-state index contributed by atoms with van der Waals surface area (Å²) in [5.41, 5.74) is 0.220. The molecule has 1 saturated carbocycles. The second-order valence-corrected chi connectivity index (χ2v) is 8.81. The fraction of sp³-hybridized carbons (Fsp3) is 0.333. The number of nitrogens with zero attached hydrogens (tertiary/aromatic N) is 1. The minimum Gasteiger partial charge on any atom is -0.485 e. The summed E-state index contributed by atoms with van der Waals surface area (Å²) in [6.07, 6.45) is 5.38. The van der Waals surface area contributed by atoms with Gasteiger partial charge in [0.15, 0.2) is 17.5 Å². The third-order valence-electron chi connectivity index (χ3n) is 6.38. The van der Waals surface area contributed by atoms with E-state index in [1.807, 2.05) is 6.07 Å². The first kappa shape index (κ1) is 23.0. The van der Waals surface area contributed by atoms with Crippen molar-refractivity contribution in [2.75, 3.05) is 11.5 Å². The second kappa shape index (κ2) is 10.2. The Hall–Kier alpha value is -3.81. The van der Waals surface area contributed by atoms with E-state index in [0.29, 0.717) is 11.5 Å². The molecule has 2 aliphatic rings. The number of rotatable bonds is 6. The highest BCUT2D eigenvalue weighted by Crippen LogP contribution is 2.35. The molecule has 0 radical (unpaired) electrons. The monoisotopic (exact) mass is 478 g/mol. The van der Waals surface area contributed by atoms with E-state index >= 15 is 0 Å². The maximum Gasteiger partial charge on any atom is 0.272 e. The molecular formula is C27H27FN2O5. The van der Waals surface area contributed by atoms with E-state index in [1.54, 1.807) is 36.4 Å². The molecule has 8 heteroatoms. The Morgan fingerprint density at radius 2 is 1.77 bits per heavy atom. The number of halogens is 1. The zero-order chi connectivity index (χ0) is 24.2. The Bertz CT molecular complexity index is 1180. The Kier molecular flexibility index (Phi) is 6.70. The van der Waals surface area contributed by atoms with Crippen LogP contribution in [0.5, 0.6) is 11.5 Å². The number of benzene rings is 2. The van der Waals surface area contributed by atoms with Crippen LogP contribution in [0.25, 0.3) is 0 Å². The van der Waals surface area contributed by atoms with Crippen LogP contribution in [0.15, 0.2) is 71.3 Å². The molecule has 1 aliphatic carbocycles. The number of para-hydroxylation sites is 2. The van der Waals surface area contributed by atoms with Gasteiger partial charge in [-0.2, -0.15) is 0 Å². The van der Waals surface area contributed by atoms with Crippen LogP contribution in [0.2, 0.25) is 0 Å². The first-order chi connectivity index (χ1) is 17.1. The van der Waals surface area contributed by atoms with Crippen molar-refractivity contribution in [1.29, 1.82) is 0 Å². The van der Waals surface area contributed by atoms with Crippen LogP contribution in [-0.4, -0.2) is 30.6 Å². The van der Waals surface area contributed by atoms with Gasteiger partial charge in [0.05, 0.1) is 6.26 Å². The van der Waals surface area contributed by atoms with Gasteiger partial charge in [-0.3, -0.25) is 14.5 Å². The van der Waals surface area contributed by atoms with Crippen molar-refractivity contribution in [3.8, 4) is 11.5 Å². The Morgan fingerprint density at radius 1 is 0.971 bits per heavy atom. The minimum atomic E-state index is -1.15. The minimum absolute atomic E-state index is 0.0133. The van der Waals surface area contributed by atoms with Gasteiger partial charge in [0.1, 0.15) is 18.2 Å². The number of hydrogen-bond donors (Lipinski definition) is 1. The van der Waals surface area contributed by atoms with Gasteiger partial charge < -0.3 is 19.2 Å². The molecule has 2 amide bonds. The van der Waals surface area contributed by atoms with E-state index in [0.717, 1.165) is 32.1 Å². The van der Waals surface area contributed by atoms with E-state index < -0.39 is 23.9 Å². The maximum atomic E-state index is 14.3. The molecule has 0 unspecified atom stereocenters. The number of amides is 2. The molecule has 2 aromatic carbocycles. The lowest BCUT2D eigenvalue weighted by molar-refractivity contribution is -0.132. The Labute approximate surface area is 202 Å². The molecule has 1 aliphatic heterocycles. The van der Waals surface area contributed by atoms with Gasteiger partial charge in [0.25, 0.3) is 11.8 Å². The standard InChI is InChI=1S/C27H27FN2O5/c28-18-8-6-11-20(16-18)30(27(32)24-17-34-21-12-4-5-13-22(21)35-24)25(23-14-7-15-33-23)26(31)29-19-9-2-1-3-10-19/h4-8,11-16,19,24-25H,1-3,9-10,17H2,(H,29,31)/t24-,25-/m0/s1.